The van der Waals surface area contributed by atoms with Gasteiger partial charge >= 0.3 is 13.1 Å². The molecule has 1 saturated heterocycles. The highest BCUT2D eigenvalue weighted by Crippen LogP contribution is 2.36. The molecule has 0 bridgehead atoms. The first kappa shape index (κ1) is 22.8. The van der Waals surface area contributed by atoms with Crippen LogP contribution in [0.3, 0.4) is 0 Å². The van der Waals surface area contributed by atoms with E-state index in [1.807, 2.05) is 0 Å². The van der Waals surface area contributed by atoms with Crippen molar-refractivity contribution in [3.05, 3.63) is 29.3 Å². The number of fused-ring (bicyclic) bond motifs is 1. The minimum Gasteiger partial charge on any atom is -0.535 e. The second kappa shape index (κ2) is 10.9. The molecule has 3 N–H and O–H groups in total. The van der Waals surface area contributed by atoms with Crippen molar-refractivity contribution in [1.82, 2.24) is 10.2 Å². The Morgan fingerprint density at radius 3 is 2.73 bits per heavy atom. The number of hydrogen-bond donors (Lipinski definition) is 3. The molecule has 0 unspecified atom stereocenters. The van der Waals surface area contributed by atoms with Crippen LogP contribution in [0.15, 0.2) is 18.2 Å². The van der Waals surface area contributed by atoms with Crippen LogP contribution in [-0.4, -0.2) is 66.1 Å². The molecule has 0 aliphatic carbocycles. The fourth-order valence-electron chi connectivity index (χ4n) is 4.41. The number of hydrogen-bond acceptors (Lipinski definition) is 6. The summed E-state index contributed by atoms with van der Waals surface area (Å²) in [6.07, 6.45) is 6.49. The van der Waals surface area contributed by atoms with Crippen molar-refractivity contribution in [3.63, 3.8) is 0 Å². The van der Waals surface area contributed by atoms with Gasteiger partial charge < -0.3 is 20.1 Å². The SMILES string of the molecule is CCCCCNC1CCN(CC(=O)C[C@H]2Cc3cccc(C(=O)O)c3OB2O)CC1. The monoisotopic (exact) mass is 416 g/mol. The van der Waals surface area contributed by atoms with Crippen LogP contribution in [-0.2, 0) is 11.2 Å². The number of ketones is 1. The number of unbranched alkanes of at least 4 members (excludes halogenated alkanes) is 2. The molecule has 30 heavy (non-hydrogen) atoms. The first-order valence-corrected chi connectivity index (χ1v) is 11.1. The van der Waals surface area contributed by atoms with Crippen LogP contribution >= 0.6 is 0 Å². The van der Waals surface area contributed by atoms with Crippen LogP contribution in [0.2, 0.25) is 5.82 Å². The Bertz CT molecular complexity index is 736. The Morgan fingerprint density at radius 2 is 2.03 bits per heavy atom. The number of benzene rings is 1. The molecule has 0 aromatic heterocycles. The first-order chi connectivity index (χ1) is 14.5. The van der Waals surface area contributed by atoms with Gasteiger partial charge in [-0.25, -0.2) is 4.79 Å². The maximum atomic E-state index is 12.6. The summed E-state index contributed by atoms with van der Waals surface area (Å²) >= 11 is 0. The minimum absolute atomic E-state index is 0.0440. The number of carboxylic acid groups (broad SMARTS) is 1. The molecule has 2 aliphatic rings. The maximum absolute atomic E-state index is 12.6. The Balaban J connectivity index is 1.45. The van der Waals surface area contributed by atoms with Gasteiger partial charge in [0.25, 0.3) is 0 Å². The third-order valence-electron chi connectivity index (χ3n) is 6.14. The Kier molecular flexibility index (Phi) is 8.30. The van der Waals surface area contributed by atoms with Crippen molar-refractivity contribution < 1.29 is 24.4 Å². The van der Waals surface area contributed by atoms with Crippen LogP contribution in [0, 0.1) is 0 Å². The molecule has 2 aliphatic heterocycles. The normalized spacial score (nSPS) is 19.9. The summed E-state index contributed by atoms with van der Waals surface area (Å²) in [5.74, 6) is -1.13. The van der Waals surface area contributed by atoms with E-state index in [2.05, 4.69) is 17.1 Å². The van der Waals surface area contributed by atoms with Crippen LogP contribution in [0.4, 0.5) is 0 Å². The number of nitrogens with zero attached hydrogens (tertiary/aromatic N) is 1. The van der Waals surface area contributed by atoms with Crippen LogP contribution in [0.1, 0.15) is 61.4 Å². The largest absolute Gasteiger partial charge is 0.535 e. The molecule has 2 heterocycles. The second-order valence-corrected chi connectivity index (χ2v) is 8.53. The predicted molar refractivity (Wildman–Crippen MR) is 116 cm³/mol. The summed E-state index contributed by atoms with van der Waals surface area (Å²) in [6, 6.07) is 5.47. The molecule has 1 fully saturated rings. The zero-order valence-electron chi connectivity index (χ0n) is 17.8. The van der Waals surface area contributed by atoms with Crippen molar-refractivity contribution in [3.8, 4) is 5.75 Å². The lowest BCUT2D eigenvalue weighted by atomic mass is 9.64. The van der Waals surface area contributed by atoms with Gasteiger partial charge in [0.2, 0.25) is 0 Å². The van der Waals surface area contributed by atoms with E-state index in [9.17, 15) is 19.7 Å². The number of Topliss-reactive ketones (excluding diaryl/α,β-unsaturated/α-hetero) is 1. The molecule has 1 aromatic rings. The standard InChI is InChI=1S/C22H33BN2O5/c1-2-3-4-10-24-18-8-11-25(12-9-18)15-19(26)14-17-13-16-6-5-7-20(22(27)28)21(16)30-23(17)29/h5-7,17-18,24,29H,2-4,8-15H2,1H3,(H,27,28)/t17-/m1/s1. The summed E-state index contributed by atoms with van der Waals surface area (Å²) in [7, 11) is -1.17. The summed E-state index contributed by atoms with van der Waals surface area (Å²) in [4.78, 5) is 26.2. The van der Waals surface area contributed by atoms with Crippen molar-refractivity contribution in [1.29, 1.82) is 0 Å². The van der Waals surface area contributed by atoms with Gasteiger partial charge in [-0.15, -0.1) is 0 Å². The Morgan fingerprint density at radius 1 is 1.27 bits per heavy atom. The van der Waals surface area contributed by atoms with Crippen LogP contribution in [0.5, 0.6) is 5.75 Å². The van der Waals surface area contributed by atoms with Gasteiger partial charge in [0.15, 0.2) is 0 Å². The highest BCUT2D eigenvalue weighted by atomic mass is 16.5. The highest BCUT2D eigenvalue weighted by Gasteiger charge is 2.38. The van der Waals surface area contributed by atoms with Gasteiger partial charge in [0.05, 0.1) is 12.1 Å². The van der Waals surface area contributed by atoms with Crippen LogP contribution in [0.25, 0.3) is 0 Å². The Labute approximate surface area is 178 Å². The van der Waals surface area contributed by atoms with Gasteiger partial charge in [-0.2, -0.15) is 0 Å². The average molecular weight is 416 g/mol. The second-order valence-electron chi connectivity index (χ2n) is 8.53. The number of carbonyl (C=O) groups excluding carboxylic acids is 1. The number of nitrogens with one attached hydrogen (secondary N) is 1. The molecule has 0 amide bonds. The minimum atomic E-state index is -1.17. The Hall–Kier alpha value is -1.90. The van der Waals surface area contributed by atoms with Crippen molar-refractivity contribution in [2.45, 2.75) is 63.7 Å². The van der Waals surface area contributed by atoms with Crippen molar-refractivity contribution >= 4 is 18.9 Å². The molecule has 8 heteroatoms. The van der Waals surface area contributed by atoms with E-state index in [1.54, 1.807) is 12.1 Å². The van der Waals surface area contributed by atoms with Gasteiger partial charge in [-0.1, -0.05) is 31.9 Å². The molecular formula is C22H33BN2O5. The van der Waals surface area contributed by atoms with E-state index in [1.165, 1.54) is 25.3 Å². The number of carboxylic acids is 1. The average Bonchev–Trinajstić information content (AvgIpc) is 2.72. The molecule has 1 aromatic carbocycles. The van der Waals surface area contributed by atoms with E-state index in [0.29, 0.717) is 19.0 Å². The fraction of sp³-hybridized carbons (Fsp3) is 0.636. The fourth-order valence-corrected chi connectivity index (χ4v) is 4.41. The molecule has 0 spiro atoms. The molecule has 1 atom stereocenters. The van der Waals surface area contributed by atoms with E-state index in [-0.39, 0.29) is 29.3 Å². The van der Waals surface area contributed by atoms with Gasteiger partial charge in [-0.3, -0.25) is 9.69 Å². The van der Waals surface area contributed by atoms with E-state index in [0.717, 1.165) is 38.0 Å². The first-order valence-electron chi connectivity index (χ1n) is 11.1. The number of rotatable bonds is 10. The smallest absolute Gasteiger partial charge is 0.526 e. The van der Waals surface area contributed by atoms with Crippen molar-refractivity contribution in [2.24, 2.45) is 0 Å². The summed E-state index contributed by atoms with van der Waals surface area (Å²) in [5.41, 5.74) is 0.774. The van der Waals surface area contributed by atoms with Crippen LogP contribution < -0.4 is 9.97 Å². The summed E-state index contributed by atoms with van der Waals surface area (Å²) in [5, 5.41) is 23.2. The van der Waals surface area contributed by atoms with Gasteiger partial charge in [0, 0.05) is 31.4 Å². The molecule has 7 nitrogen and oxygen atoms in total. The van der Waals surface area contributed by atoms with E-state index in [4.69, 9.17) is 4.65 Å². The molecular weight excluding hydrogens is 383 g/mol. The number of aromatic carboxylic acids is 1. The third kappa shape index (κ3) is 6.06. The third-order valence-corrected chi connectivity index (χ3v) is 6.14. The quantitative estimate of drug-likeness (QED) is 0.398. The van der Waals surface area contributed by atoms with Crippen molar-refractivity contribution in [2.75, 3.05) is 26.2 Å². The highest BCUT2D eigenvalue weighted by molar-refractivity contribution is 6.47. The summed E-state index contributed by atoms with van der Waals surface area (Å²) < 4.78 is 5.50. The predicted octanol–water partition coefficient (Wildman–Crippen LogP) is 2.37. The molecule has 0 saturated carbocycles. The number of carbonyl (C=O) groups is 2. The lowest BCUT2D eigenvalue weighted by Gasteiger charge is -2.33. The summed E-state index contributed by atoms with van der Waals surface area (Å²) in [6.45, 7) is 5.49. The number of para-hydroxylation sites is 1. The number of likely N-dealkylation sites (tertiary alicyclic amines) is 1. The van der Waals surface area contributed by atoms with Gasteiger partial charge in [0.1, 0.15) is 11.5 Å². The van der Waals surface area contributed by atoms with Gasteiger partial charge in [-0.05, 0) is 43.9 Å². The zero-order valence-corrected chi connectivity index (χ0v) is 17.8. The molecule has 3 rings (SSSR count). The number of piperidine rings is 1. The topological polar surface area (TPSA) is 99.1 Å². The zero-order chi connectivity index (χ0) is 21.5. The molecule has 164 valence electrons. The lowest BCUT2D eigenvalue weighted by molar-refractivity contribution is -0.120. The lowest BCUT2D eigenvalue weighted by Crippen LogP contribution is -2.45. The van der Waals surface area contributed by atoms with E-state index < -0.39 is 13.1 Å². The van der Waals surface area contributed by atoms with E-state index >= 15 is 0 Å². The maximum Gasteiger partial charge on any atom is 0.526 e. The molecule has 0 radical (unpaired) electrons.